The number of H-pyrrole nitrogens is 1. The minimum absolute atomic E-state index is 0.0813. The Bertz CT molecular complexity index is 1380. The molecule has 0 unspecified atom stereocenters. The zero-order valence-electron chi connectivity index (χ0n) is 17.0. The van der Waals surface area contributed by atoms with Gasteiger partial charge in [0.25, 0.3) is 11.8 Å². The molecular weight excluding hydrogens is 392 g/mol. The molecule has 4 aromatic rings. The molecule has 0 saturated heterocycles. The molecule has 1 aliphatic rings. The van der Waals surface area contributed by atoms with Gasteiger partial charge in [0.05, 0.1) is 16.7 Å². The molecule has 2 amide bonds. The molecule has 4 N–H and O–H groups in total. The van der Waals surface area contributed by atoms with Gasteiger partial charge in [0, 0.05) is 46.4 Å². The standard InChI is InChI=1S/C24H22N4O3/c1-25-10-5-11-28-13-16(20-18(28)8-4-9-19(20)29)22-21(23(30)27-24(22)31)15-12-26-17-7-3-2-6-14(15)17/h2-4,6-9,12-13,25-26,29H,5,10-11H2,1H3,(H,27,30,31). The summed E-state index contributed by atoms with van der Waals surface area (Å²) in [7, 11) is 1.90. The number of aryl methyl sites for hydroxylation is 1. The lowest BCUT2D eigenvalue weighted by atomic mass is 9.95. The number of aromatic hydroxyl groups is 1. The second-order valence-electron chi connectivity index (χ2n) is 7.65. The van der Waals surface area contributed by atoms with Gasteiger partial charge < -0.3 is 20.0 Å². The van der Waals surface area contributed by atoms with Crippen LogP contribution in [0.1, 0.15) is 17.5 Å². The van der Waals surface area contributed by atoms with Crippen LogP contribution in [0.5, 0.6) is 5.75 Å². The summed E-state index contributed by atoms with van der Waals surface area (Å²) in [6.45, 7) is 1.56. The number of para-hydroxylation sites is 1. The van der Waals surface area contributed by atoms with Crippen molar-refractivity contribution >= 4 is 44.8 Å². The van der Waals surface area contributed by atoms with Crippen molar-refractivity contribution in [2.45, 2.75) is 13.0 Å². The number of carbonyl (C=O) groups excluding carboxylic acids is 2. The van der Waals surface area contributed by atoms with E-state index >= 15 is 0 Å². The number of carbonyl (C=O) groups is 2. The summed E-state index contributed by atoms with van der Waals surface area (Å²) in [5.74, 6) is -0.808. The van der Waals surface area contributed by atoms with E-state index in [9.17, 15) is 14.7 Å². The minimum Gasteiger partial charge on any atom is -0.507 e. The van der Waals surface area contributed by atoms with E-state index in [0.717, 1.165) is 29.4 Å². The highest BCUT2D eigenvalue weighted by Crippen LogP contribution is 2.40. The van der Waals surface area contributed by atoms with Crippen molar-refractivity contribution in [3.05, 3.63) is 66.0 Å². The Balaban J connectivity index is 1.77. The highest BCUT2D eigenvalue weighted by molar-refractivity contribution is 6.50. The molecule has 31 heavy (non-hydrogen) atoms. The van der Waals surface area contributed by atoms with Crippen LogP contribution in [-0.4, -0.2) is 40.1 Å². The van der Waals surface area contributed by atoms with Crippen molar-refractivity contribution in [3.8, 4) is 5.75 Å². The molecule has 0 fully saturated rings. The largest absolute Gasteiger partial charge is 0.507 e. The summed E-state index contributed by atoms with van der Waals surface area (Å²) in [6, 6.07) is 12.9. The predicted octanol–water partition coefficient (Wildman–Crippen LogP) is 3.00. The number of amides is 2. The van der Waals surface area contributed by atoms with Gasteiger partial charge >= 0.3 is 0 Å². The second kappa shape index (κ2) is 7.45. The highest BCUT2D eigenvalue weighted by atomic mass is 16.3. The summed E-state index contributed by atoms with van der Waals surface area (Å²) < 4.78 is 2.03. The first-order valence-corrected chi connectivity index (χ1v) is 10.2. The first kappa shape index (κ1) is 19.1. The average Bonchev–Trinajstić information content (AvgIpc) is 3.42. The fourth-order valence-corrected chi connectivity index (χ4v) is 4.38. The van der Waals surface area contributed by atoms with Gasteiger partial charge in [-0.05, 0) is 38.2 Å². The summed E-state index contributed by atoms with van der Waals surface area (Å²) in [5.41, 5.74) is 3.54. The number of phenols is 1. The third-order valence-corrected chi connectivity index (χ3v) is 5.77. The smallest absolute Gasteiger partial charge is 0.259 e. The number of nitrogens with zero attached hydrogens (tertiary/aromatic N) is 1. The van der Waals surface area contributed by atoms with Crippen LogP contribution in [0.25, 0.3) is 33.0 Å². The van der Waals surface area contributed by atoms with Crippen LogP contribution < -0.4 is 10.6 Å². The number of benzene rings is 2. The van der Waals surface area contributed by atoms with Gasteiger partial charge in [0.1, 0.15) is 5.75 Å². The molecule has 0 aliphatic carbocycles. The molecule has 7 heteroatoms. The van der Waals surface area contributed by atoms with Crippen LogP contribution in [0.15, 0.2) is 54.9 Å². The Labute approximate surface area is 178 Å². The van der Waals surface area contributed by atoms with Gasteiger partial charge in [-0.2, -0.15) is 0 Å². The van der Waals surface area contributed by atoms with Crippen LogP contribution in [0.2, 0.25) is 0 Å². The van der Waals surface area contributed by atoms with Crippen LogP contribution in [0, 0.1) is 0 Å². The number of hydrogen-bond acceptors (Lipinski definition) is 4. The third-order valence-electron chi connectivity index (χ3n) is 5.77. The monoisotopic (exact) mass is 414 g/mol. The van der Waals surface area contributed by atoms with Crippen molar-refractivity contribution in [2.75, 3.05) is 13.6 Å². The highest BCUT2D eigenvalue weighted by Gasteiger charge is 2.35. The van der Waals surface area contributed by atoms with E-state index in [4.69, 9.17) is 0 Å². The predicted molar refractivity (Wildman–Crippen MR) is 120 cm³/mol. The fraction of sp³-hybridized carbons (Fsp3) is 0.167. The van der Waals surface area contributed by atoms with Gasteiger partial charge in [-0.25, -0.2) is 0 Å². The van der Waals surface area contributed by atoms with Crippen molar-refractivity contribution in [2.24, 2.45) is 0 Å². The van der Waals surface area contributed by atoms with E-state index in [0.29, 0.717) is 28.6 Å². The van der Waals surface area contributed by atoms with Crippen molar-refractivity contribution in [1.29, 1.82) is 0 Å². The second-order valence-corrected chi connectivity index (χ2v) is 7.65. The van der Waals surface area contributed by atoms with Crippen molar-refractivity contribution < 1.29 is 14.7 Å². The Hall–Kier alpha value is -3.84. The first-order chi connectivity index (χ1) is 15.1. The summed E-state index contributed by atoms with van der Waals surface area (Å²) in [4.78, 5) is 29.0. The van der Waals surface area contributed by atoms with E-state index in [-0.39, 0.29) is 11.3 Å². The SMILES string of the molecule is CNCCCn1cc(C2=C(c3c[nH]c4ccccc34)C(=O)NC2=O)c2c(O)cccc21. The number of aromatic amines is 1. The quantitative estimate of drug-likeness (QED) is 0.288. The lowest BCUT2D eigenvalue weighted by molar-refractivity contribution is -0.122. The van der Waals surface area contributed by atoms with Crippen LogP contribution >= 0.6 is 0 Å². The molecule has 2 aromatic heterocycles. The molecule has 156 valence electrons. The maximum Gasteiger partial charge on any atom is 0.259 e. The van der Waals surface area contributed by atoms with E-state index in [2.05, 4.69) is 15.6 Å². The van der Waals surface area contributed by atoms with E-state index in [1.54, 1.807) is 18.3 Å². The maximum absolute atomic E-state index is 13.0. The van der Waals surface area contributed by atoms with E-state index < -0.39 is 11.8 Å². The maximum atomic E-state index is 13.0. The van der Waals surface area contributed by atoms with E-state index in [1.807, 2.05) is 48.1 Å². The first-order valence-electron chi connectivity index (χ1n) is 10.2. The van der Waals surface area contributed by atoms with Crippen molar-refractivity contribution in [3.63, 3.8) is 0 Å². The van der Waals surface area contributed by atoms with Gasteiger partial charge in [-0.1, -0.05) is 24.3 Å². The topological polar surface area (TPSA) is 99.2 Å². The summed E-state index contributed by atoms with van der Waals surface area (Å²) in [5, 5.41) is 17.7. The van der Waals surface area contributed by atoms with Gasteiger partial charge in [-0.15, -0.1) is 0 Å². The number of phenolic OH excluding ortho intramolecular Hbond substituents is 1. The molecular formula is C24H22N4O3. The van der Waals surface area contributed by atoms with E-state index in [1.165, 1.54) is 0 Å². The normalized spacial score (nSPS) is 14.2. The number of nitrogens with one attached hydrogen (secondary N) is 3. The number of imide groups is 1. The van der Waals surface area contributed by atoms with Crippen LogP contribution in [0.3, 0.4) is 0 Å². The fourth-order valence-electron chi connectivity index (χ4n) is 4.38. The number of rotatable bonds is 6. The lowest BCUT2D eigenvalue weighted by Crippen LogP contribution is -2.22. The molecule has 0 atom stereocenters. The molecule has 1 aliphatic heterocycles. The summed E-state index contributed by atoms with van der Waals surface area (Å²) >= 11 is 0. The Morgan fingerprint density at radius 3 is 2.58 bits per heavy atom. The molecule has 0 saturated carbocycles. The van der Waals surface area contributed by atoms with Gasteiger partial charge in [-0.3, -0.25) is 14.9 Å². The molecule has 2 aromatic carbocycles. The molecule has 3 heterocycles. The number of hydrogen-bond donors (Lipinski definition) is 4. The summed E-state index contributed by atoms with van der Waals surface area (Å²) in [6.07, 6.45) is 4.50. The molecule has 5 rings (SSSR count). The van der Waals surface area contributed by atoms with Crippen LogP contribution in [-0.2, 0) is 16.1 Å². The third kappa shape index (κ3) is 3.02. The van der Waals surface area contributed by atoms with Crippen molar-refractivity contribution in [1.82, 2.24) is 20.2 Å². The Morgan fingerprint density at radius 2 is 1.77 bits per heavy atom. The molecule has 0 radical (unpaired) electrons. The Kier molecular flexibility index (Phi) is 4.60. The Morgan fingerprint density at radius 1 is 1.00 bits per heavy atom. The van der Waals surface area contributed by atoms with Crippen LogP contribution in [0.4, 0.5) is 0 Å². The molecule has 7 nitrogen and oxygen atoms in total. The van der Waals surface area contributed by atoms with Gasteiger partial charge in [0.15, 0.2) is 0 Å². The lowest BCUT2D eigenvalue weighted by Gasteiger charge is -2.05. The zero-order valence-corrected chi connectivity index (χ0v) is 17.0. The number of aromatic nitrogens is 2. The molecule has 0 bridgehead atoms. The number of fused-ring (bicyclic) bond motifs is 2. The van der Waals surface area contributed by atoms with Gasteiger partial charge in [0.2, 0.25) is 0 Å². The minimum atomic E-state index is -0.456. The molecule has 0 spiro atoms. The average molecular weight is 414 g/mol. The zero-order chi connectivity index (χ0) is 21.5.